The van der Waals surface area contributed by atoms with Gasteiger partial charge in [0.2, 0.25) is 5.91 Å². The van der Waals surface area contributed by atoms with E-state index >= 15 is 0 Å². The third-order valence-corrected chi connectivity index (χ3v) is 7.71. The summed E-state index contributed by atoms with van der Waals surface area (Å²) in [4.78, 5) is 12.7. The average molecular weight is 529 g/mol. The van der Waals surface area contributed by atoms with E-state index in [9.17, 15) is 13.6 Å². The zero-order chi connectivity index (χ0) is 26.6. The lowest BCUT2D eigenvalue weighted by atomic mass is 9.85. The van der Waals surface area contributed by atoms with Gasteiger partial charge in [0.1, 0.15) is 5.75 Å². The third-order valence-electron chi connectivity index (χ3n) is 6.77. The molecule has 0 bridgehead atoms. The number of benzene rings is 2. The van der Waals surface area contributed by atoms with Gasteiger partial charge in [-0.1, -0.05) is 76.6 Å². The zero-order valence-corrected chi connectivity index (χ0v) is 22.5. The standard InChI is InChI=1S/C28H34F2N4O2S/c1-18-7-5-6-8-23(18)34-25(19-9-11-20(12-10-19)28(2,3)4)32-33-27(34)37-17-24(35)31-21-13-15-22(16-14-21)36-26(29)30/h9-16,18,23,26H,5-8,17H2,1-4H3,(H,31,35)/t18-,23-/m1/s1. The zero-order valence-electron chi connectivity index (χ0n) is 21.7. The minimum Gasteiger partial charge on any atom is -0.435 e. The summed E-state index contributed by atoms with van der Waals surface area (Å²) >= 11 is 1.36. The van der Waals surface area contributed by atoms with Crippen LogP contribution in [0.3, 0.4) is 0 Å². The van der Waals surface area contributed by atoms with E-state index in [-0.39, 0.29) is 28.9 Å². The Morgan fingerprint density at radius 3 is 2.38 bits per heavy atom. The minimum absolute atomic E-state index is 0.0418. The summed E-state index contributed by atoms with van der Waals surface area (Å²) in [6.45, 7) is 5.97. The molecule has 9 heteroatoms. The van der Waals surface area contributed by atoms with Gasteiger partial charge in [-0.05, 0) is 54.0 Å². The number of alkyl halides is 2. The summed E-state index contributed by atoms with van der Waals surface area (Å²) in [6, 6.07) is 14.6. The van der Waals surface area contributed by atoms with E-state index < -0.39 is 6.61 Å². The number of amides is 1. The van der Waals surface area contributed by atoms with Crippen LogP contribution in [0.5, 0.6) is 5.75 Å². The molecule has 1 fully saturated rings. The van der Waals surface area contributed by atoms with Crippen molar-refractivity contribution in [2.24, 2.45) is 5.92 Å². The first-order chi connectivity index (χ1) is 17.6. The van der Waals surface area contributed by atoms with Crippen LogP contribution in [0.25, 0.3) is 11.4 Å². The van der Waals surface area contributed by atoms with Gasteiger partial charge < -0.3 is 10.1 Å². The third kappa shape index (κ3) is 6.89. The van der Waals surface area contributed by atoms with Gasteiger partial charge in [-0.2, -0.15) is 8.78 Å². The molecule has 1 N–H and O–H groups in total. The van der Waals surface area contributed by atoms with Gasteiger partial charge in [0.15, 0.2) is 11.0 Å². The number of thioether (sulfide) groups is 1. The van der Waals surface area contributed by atoms with Crippen LogP contribution in [0.4, 0.5) is 14.5 Å². The highest BCUT2D eigenvalue weighted by atomic mass is 32.2. The molecular weight excluding hydrogens is 494 g/mol. The van der Waals surface area contributed by atoms with Crippen molar-refractivity contribution < 1.29 is 18.3 Å². The second-order valence-corrected chi connectivity index (χ2v) is 11.5. The van der Waals surface area contributed by atoms with Crippen molar-refractivity contribution in [1.82, 2.24) is 14.8 Å². The number of aromatic nitrogens is 3. The number of rotatable bonds is 8. The Kier molecular flexibility index (Phi) is 8.52. The largest absolute Gasteiger partial charge is 0.435 e. The summed E-state index contributed by atoms with van der Waals surface area (Å²) in [6.07, 6.45) is 4.59. The number of anilines is 1. The molecule has 37 heavy (non-hydrogen) atoms. The molecule has 1 aromatic heterocycles. The number of halogens is 2. The van der Waals surface area contributed by atoms with Crippen LogP contribution in [-0.2, 0) is 10.2 Å². The van der Waals surface area contributed by atoms with Gasteiger partial charge in [-0.3, -0.25) is 9.36 Å². The van der Waals surface area contributed by atoms with Crippen molar-refractivity contribution >= 4 is 23.4 Å². The first-order valence-corrected chi connectivity index (χ1v) is 13.6. The summed E-state index contributed by atoms with van der Waals surface area (Å²) in [5.74, 6) is 1.29. The van der Waals surface area contributed by atoms with Crippen LogP contribution in [0.2, 0.25) is 0 Å². The summed E-state index contributed by atoms with van der Waals surface area (Å²) in [5.41, 5.74) is 2.85. The van der Waals surface area contributed by atoms with Gasteiger partial charge in [0.05, 0.1) is 5.75 Å². The Bertz CT molecular complexity index is 1190. The maximum Gasteiger partial charge on any atom is 0.387 e. The van der Waals surface area contributed by atoms with Crippen LogP contribution in [-0.4, -0.2) is 33.0 Å². The van der Waals surface area contributed by atoms with Crippen molar-refractivity contribution in [2.45, 2.75) is 76.6 Å². The van der Waals surface area contributed by atoms with E-state index in [2.05, 4.69) is 76.8 Å². The highest BCUT2D eigenvalue weighted by Crippen LogP contribution is 2.39. The fourth-order valence-corrected chi connectivity index (χ4v) is 5.51. The fraction of sp³-hybridized carbons (Fsp3) is 0.464. The maximum absolute atomic E-state index is 12.7. The number of carbonyl (C=O) groups is 1. The second-order valence-electron chi connectivity index (χ2n) is 10.6. The highest BCUT2D eigenvalue weighted by molar-refractivity contribution is 7.99. The number of nitrogens with zero attached hydrogens (tertiary/aromatic N) is 3. The van der Waals surface area contributed by atoms with Crippen molar-refractivity contribution in [3.05, 3.63) is 54.1 Å². The molecule has 2 aromatic carbocycles. The van der Waals surface area contributed by atoms with E-state index in [0.717, 1.165) is 35.8 Å². The quantitative estimate of drug-likeness (QED) is 0.310. The molecule has 0 spiro atoms. The molecule has 1 aliphatic rings. The Labute approximate surface area is 221 Å². The van der Waals surface area contributed by atoms with Gasteiger partial charge in [0.25, 0.3) is 0 Å². The first-order valence-electron chi connectivity index (χ1n) is 12.6. The number of hydrogen-bond acceptors (Lipinski definition) is 5. The Balaban J connectivity index is 1.51. The van der Waals surface area contributed by atoms with Gasteiger partial charge in [0, 0.05) is 17.3 Å². The van der Waals surface area contributed by atoms with Crippen LogP contribution in [0, 0.1) is 5.92 Å². The topological polar surface area (TPSA) is 69.0 Å². The number of carbonyl (C=O) groups excluding carboxylic acids is 1. The van der Waals surface area contributed by atoms with Crippen LogP contribution < -0.4 is 10.1 Å². The normalized spacial score (nSPS) is 18.1. The Morgan fingerprint density at radius 1 is 1.08 bits per heavy atom. The number of nitrogens with one attached hydrogen (secondary N) is 1. The molecule has 2 atom stereocenters. The van der Waals surface area contributed by atoms with Crippen LogP contribution >= 0.6 is 11.8 Å². The predicted molar refractivity (Wildman–Crippen MR) is 143 cm³/mol. The molecule has 6 nitrogen and oxygen atoms in total. The van der Waals surface area contributed by atoms with Crippen LogP contribution in [0.1, 0.15) is 65.0 Å². The van der Waals surface area contributed by atoms with E-state index in [0.29, 0.717) is 11.6 Å². The molecule has 1 saturated carbocycles. The van der Waals surface area contributed by atoms with Crippen molar-refractivity contribution in [3.63, 3.8) is 0 Å². The smallest absolute Gasteiger partial charge is 0.387 e. The lowest BCUT2D eigenvalue weighted by Crippen LogP contribution is -2.23. The van der Waals surface area contributed by atoms with E-state index in [1.807, 2.05) is 0 Å². The molecule has 0 unspecified atom stereocenters. The van der Waals surface area contributed by atoms with Gasteiger partial charge >= 0.3 is 6.61 Å². The van der Waals surface area contributed by atoms with Crippen molar-refractivity contribution in [3.8, 4) is 17.1 Å². The average Bonchev–Trinajstić information content (AvgIpc) is 3.27. The molecule has 4 rings (SSSR count). The van der Waals surface area contributed by atoms with Crippen molar-refractivity contribution in [1.29, 1.82) is 0 Å². The molecule has 0 radical (unpaired) electrons. The monoisotopic (exact) mass is 528 g/mol. The van der Waals surface area contributed by atoms with Crippen LogP contribution in [0.15, 0.2) is 53.7 Å². The van der Waals surface area contributed by atoms with Gasteiger partial charge in [-0.25, -0.2) is 0 Å². The molecule has 1 heterocycles. The number of ether oxygens (including phenoxy) is 1. The lowest BCUT2D eigenvalue weighted by molar-refractivity contribution is -0.113. The number of hydrogen-bond donors (Lipinski definition) is 1. The SMILES string of the molecule is C[C@@H]1CCCC[C@H]1n1c(SCC(=O)Nc2ccc(OC(F)F)cc2)nnc1-c1ccc(C(C)(C)C)cc1. The van der Waals surface area contributed by atoms with Crippen molar-refractivity contribution in [2.75, 3.05) is 11.1 Å². The predicted octanol–water partition coefficient (Wildman–Crippen LogP) is 7.33. The van der Waals surface area contributed by atoms with E-state index in [1.165, 1.54) is 48.0 Å². The van der Waals surface area contributed by atoms with Gasteiger partial charge in [-0.15, -0.1) is 10.2 Å². The Morgan fingerprint density at radius 2 is 1.76 bits per heavy atom. The molecular formula is C28H34F2N4O2S. The molecule has 3 aromatic rings. The Hall–Kier alpha value is -2.94. The molecule has 0 aliphatic heterocycles. The molecule has 1 aliphatic carbocycles. The summed E-state index contributed by atoms with van der Waals surface area (Å²) in [7, 11) is 0. The van der Waals surface area contributed by atoms with E-state index in [4.69, 9.17) is 0 Å². The molecule has 1 amide bonds. The highest BCUT2D eigenvalue weighted by Gasteiger charge is 2.29. The minimum atomic E-state index is -2.89. The second kappa shape index (κ2) is 11.6. The fourth-order valence-electron chi connectivity index (χ4n) is 4.72. The van der Waals surface area contributed by atoms with E-state index in [1.54, 1.807) is 0 Å². The first kappa shape index (κ1) is 27.1. The summed E-state index contributed by atoms with van der Waals surface area (Å²) < 4.78 is 31.3. The summed E-state index contributed by atoms with van der Waals surface area (Å²) in [5, 5.41) is 12.6. The maximum atomic E-state index is 12.7. The molecule has 198 valence electrons. The lowest BCUT2D eigenvalue weighted by Gasteiger charge is -2.31. The molecule has 0 saturated heterocycles.